The van der Waals surface area contributed by atoms with Gasteiger partial charge in [-0.1, -0.05) is 38.5 Å². The van der Waals surface area contributed by atoms with Crippen LogP contribution in [0.5, 0.6) is 0 Å². The van der Waals surface area contributed by atoms with Gasteiger partial charge in [0.2, 0.25) is 0 Å². The Morgan fingerprint density at radius 3 is 2.74 bits per heavy atom. The van der Waals surface area contributed by atoms with Crippen LogP contribution < -0.4 is 5.32 Å². The van der Waals surface area contributed by atoms with Crippen molar-refractivity contribution in [2.75, 3.05) is 13.1 Å². The molecule has 1 aliphatic carbocycles. The Hall–Kier alpha value is -0.820. The first-order valence-corrected chi connectivity index (χ1v) is 7.86. The summed E-state index contributed by atoms with van der Waals surface area (Å²) < 4.78 is 0. The molecule has 0 saturated heterocycles. The summed E-state index contributed by atoms with van der Waals surface area (Å²) >= 11 is 0. The number of rotatable bonds is 5. The van der Waals surface area contributed by atoms with Gasteiger partial charge in [0.15, 0.2) is 0 Å². The molecule has 0 aliphatic heterocycles. The van der Waals surface area contributed by atoms with E-state index in [1.165, 1.54) is 36.9 Å². The molecule has 106 valence electrons. The van der Waals surface area contributed by atoms with Crippen molar-refractivity contribution in [3.8, 4) is 0 Å². The molecule has 0 bridgehead atoms. The summed E-state index contributed by atoms with van der Waals surface area (Å²) in [5.74, 6) is 2.36. The molecule has 1 nitrogen and oxygen atoms in total. The number of hydrogen-bond acceptors (Lipinski definition) is 1. The van der Waals surface area contributed by atoms with Crippen LogP contribution in [0, 0.1) is 25.7 Å². The summed E-state index contributed by atoms with van der Waals surface area (Å²) in [6, 6.07) is 6.82. The molecule has 1 aromatic rings. The molecule has 1 aromatic carbocycles. The lowest BCUT2D eigenvalue weighted by Gasteiger charge is -2.23. The van der Waals surface area contributed by atoms with Crippen LogP contribution in [0.3, 0.4) is 0 Å². The minimum absolute atomic E-state index is 0.751. The highest BCUT2D eigenvalue weighted by Gasteiger charge is 2.29. The average Bonchev–Trinajstić information content (AvgIpc) is 2.80. The van der Waals surface area contributed by atoms with Crippen molar-refractivity contribution in [3.05, 3.63) is 34.9 Å². The van der Waals surface area contributed by atoms with E-state index in [9.17, 15) is 0 Å². The topological polar surface area (TPSA) is 12.0 Å². The fraction of sp³-hybridized carbons (Fsp3) is 0.667. The Labute approximate surface area is 118 Å². The first-order valence-electron chi connectivity index (χ1n) is 7.86. The highest BCUT2D eigenvalue weighted by atomic mass is 14.9. The van der Waals surface area contributed by atoms with Crippen molar-refractivity contribution in [2.45, 2.75) is 52.9 Å². The minimum Gasteiger partial charge on any atom is -0.316 e. The Morgan fingerprint density at radius 2 is 2.00 bits per heavy atom. The molecule has 0 radical (unpaired) electrons. The minimum atomic E-state index is 0.751. The molecule has 1 fully saturated rings. The fourth-order valence-corrected chi connectivity index (χ4v) is 3.42. The number of benzene rings is 1. The maximum Gasteiger partial charge on any atom is -0.00146 e. The zero-order valence-electron chi connectivity index (χ0n) is 13.0. The second kappa shape index (κ2) is 6.56. The molecule has 0 spiro atoms. The average molecular weight is 259 g/mol. The van der Waals surface area contributed by atoms with Crippen LogP contribution in [0.15, 0.2) is 18.2 Å². The van der Waals surface area contributed by atoms with Crippen molar-refractivity contribution < 1.29 is 0 Å². The summed E-state index contributed by atoms with van der Waals surface area (Å²) in [4.78, 5) is 0. The zero-order valence-corrected chi connectivity index (χ0v) is 13.0. The number of hydrogen-bond donors (Lipinski definition) is 1. The predicted molar refractivity (Wildman–Crippen MR) is 83.7 cm³/mol. The monoisotopic (exact) mass is 259 g/mol. The van der Waals surface area contributed by atoms with Crippen LogP contribution in [0.2, 0.25) is 0 Å². The first-order chi connectivity index (χ1) is 9.09. The molecule has 1 saturated carbocycles. The van der Waals surface area contributed by atoms with E-state index >= 15 is 0 Å². The second-order valence-electron chi connectivity index (χ2n) is 6.64. The lowest BCUT2D eigenvalue weighted by Crippen LogP contribution is -2.27. The fourth-order valence-electron chi connectivity index (χ4n) is 3.42. The number of nitrogens with one attached hydrogen (secondary N) is 1. The van der Waals surface area contributed by atoms with Crippen LogP contribution in [0.4, 0.5) is 0 Å². The van der Waals surface area contributed by atoms with E-state index in [-0.39, 0.29) is 0 Å². The highest BCUT2D eigenvalue weighted by molar-refractivity contribution is 5.36. The van der Waals surface area contributed by atoms with Gasteiger partial charge in [0.05, 0.1) is 0 Å². The van der Waals surface area contributed by atoms with Gasteiger partial charge >= 0.3 is 0 Å². The molecule has 2 unspecified atom stereocenters. The van der Waals surface area contributed by atoms with Gasteiger partial charge in [0.25, 0.3) is 0 Å². The molecule has 1 aliphatic rings. The van der Waals surface area contributed by atoms with Crippen molar-refractivity contribution in [3.63, 3.8) is 0 Å². The van der Waals surface area contributed by atoms with Crippen LogP contribution >= 0.6 is 0 Å². The van der Waals surface area contributed by atoms with E-state index < -0.39 is 0 Å². The van der Waals surface area contributed by atoms with E-state index in [0.29, 0.717) is 0 Å². The smallest absolute Gasteiger partial charge is 0.00146 e. The van der Waals surface area contributed by atoms with Gasteiger partial charge in [-0.05, 0) is 74.2 Å². The third-order valence-corrected chi connectivity index (χ3v) is 4.66. The summed E-state index contributed by atoms with van der Waals surface area (Å²) in [6.07, 6.45) is 4.16. The summed E-state index contributed by atoms with van der Waals surface area (Å²) in [5, 5.41) is 3.66. The normalized spacial score (nSPS) is 23.2. The maximum absolute atomic E-state index is 3.66. The van der Waals surface area contributed by atoms with E-state index in [4.69, 9.17) is 0 Å². The summed E-state index contributed by atoms with van der Waals surface area (Å²) in [7, 11) is 0. The Kier molecular flexibility index (Phi) is 5.04. The van der Waals surface area contributed by atoms with E-state index in [2.05, 4.69) is 51.2 Å². The second-order valence-corrected chi connectivity index (χ2v) is 6.64. The molecule has 0 heterocycles. The molecular weight excluding hydrogens is 230 g/mol. The maximum atomic E-state index is 3.66. The molecule has 1 heteroatoms. The molecule has 2 atom stereocenters. The van der Waals surface area contributed by atoms with Crippen LogP contribution in [-0.4, -0.2) is 13.1 Å². The number of aryl methyl sites for hydroxylation is 1. The Balaban J connectivity index is 2.04. The summed E-state index contributed by atoms with van der Waals surface area (Å²) in [5.41, 5.74) is 4.57. The van der Waals surface area contributed by atoms with Gasteiger partial charge in [0.1, 0.15) is 0 Å². The lowest BCUT2D eigenvalue weighted by molar-refractivity contribution is 0.424. The van der Waals surface area contributed by atoms with E-state index in [1.54, 1.807) is 5.56 Å². The van der Waals surface area contributed by atoms with Crippen molar-refractivity contribution in [2.24, 2.45) is 11.8 Å². The van der Waals surface area contributed by atoms with E-state index in [1.807, 2.05) is 0 Å². The van der Waals surface area contributed by atoms with Crippen LogP contribution in [0.1, 0.15) is 55.7 Å². The first kappa shape index (κ1) is 14.6. The van der Waals surface area contributed by atoms with Gasteiger partial charge in [-0.3, -0.25) is 0 Å². The van der Waals surface area contributed by atoms with Crippen LogP contribution in [-0.2, 0) is 0 Å². The van der Waals surface area contributed by atoms with Gasteiger partial charge in [-0.2, -0.15) is 0 Å². The zero-order chi connectivity index (χ0) is 13.8. The predicted octanol–water partition coefficient (Wildman–Crippen LogP) is 4.43. The summed E-state index contributed by atoms with van der Waals surface area (Å²) in [6.45, 7) is 11.4. The molecule has 0 amide bonds. The Bertz CT molecular complexity index is 408. The van der Waals surface area contributed by atoms with Gasteiger partial charge < -0.3 is 5.32 Å². The Morgan fingerprint density at radius 1 is 1.21 bits per heavy atom. The SMILES string of the molecule is Cc1cccc(C2CCCC2CNCC(C)C)c1C. The van der Waals surface area contributed by atoms with Gasteiger partial charge in [-0.25, -0.2) is 0 Å². The molecular formula is C18H29N. The molecule has 0 aromatic heterocycles. The molecule has 2 rings (SSSR count). The largest absolute Gasteiger partial charge is 0.316 e. The van der Waals surface area contributed by atoms with Crippen LogP contribution in [0.25, 0.3) is 0 Å². The third kappa shape index (κ3) is 3.60. The van der Waals surface area contributed by atoms with Crippen molar-refractivity contribution in [1.82, 2.24) is 5.32 Å². The molecule has 19 heavy (non-hydrogen) atoms. The standard InChI is InChI=1S/C18H29N/c1-13(2)11-19-12-16-8-6-10-18(16)17-9-5-7-14(3)15(17)4/h5,7,9,13,16,18-19H,6,8,10-12H2,1-4H3. The van der Waals surface area contributed by atoms with Gasteiger partial charge in [-0.15, -0.1) is 0 Å². The van der Waals surface area contributed by atoms with Crippen molar-refractivity contribution >= 4 is 0 Å². The lowest BCUT2D eigenvalue weighted by atomic mass is 9.85. The highest BCUT2D eigenvalue weighted by Crippen LogP contribution is 2.40. The van der Waals surface area contributed by atoms with Crippen molar-refractivity contribution in [1.29, 1.82) is 0 Å². The van der Waals surface area contributed by atoms with Gasteiger partial charge in [0, 0.05) is 0 Å². The third-order valence-electron chi connectivity index (χ3n) is 4.66. The van der Waals surface area contributed by atoms with E-state index in [0.717, 1.165) is 24.3 Å². The molecule has 1 N–H and O–H groups in total. The quantitative estimate of drug-likeness (QED) is 0.824.